The minimum atomic E-state index is 0. The maximum absolute atomic E-state index is 0. The average molecular weight is 214 g/mol. The molecular weight excluding hydrogens is 196 g/mol. The molecule has 0 fully saturated rings. The van der Waals surface area contributed by atoms with Crippen LogP contribution < -0.4 is 0 Å². The molecule has 0 heterocycles. The van der Waals surface area contributed by atoms with Crippen LogP contribution >= 0.6 is 0 Å². The molecule has 0 aliphatic heterocycles. The summed E-state index contributed by atoms with van der Waals surface area (Å²) in [6, 6.07) is 0. The first kappa shape index (κ1) is 28800. The van der Waals surface area contributed by atoms with E-state index in [4.69, 9.17) is 0 Å². The van der Waals surface area contributed by atoms with Crippen LogP contribution in [-0.4, -0.2) is 49.3 Å². The largest absolute Gasteiger partial charge is 0.412 e. The first-order chi connectivity index (χ1) is 0. The Labute approximate surface area is 67.6 Å². The van der Waals surface area contributed by atoms with Crippen LogP contribution in [0.5, 0.6) is 0 Å². The zero-order valence-electron chi connectivity index (χ0n) is 4.91. The van der Waals surface area contributed by atoms with E-state index in [9.17, 15) is 0 Å². The van der Waals surface area contributed by atoms with Gasteiger partial charge in [0.05, 0.1) is 0 Å². The van der Waals surface area contributed by atoms with Crippen molar-refractivity contribution in [2.75, 3.05) is 0 Å². The zero-order valence-corrected chi connectivity index (χ0v) is 6.18. The van der Waals surface area contributed by atoms with Crippen LogP contribution in [-0.2, 0) is 17.4 Å². The molecule has 0 amide bonds. The van der Waals surface area contributed by atoms with Gasteiger partial charge in [-0.3, -0.25) is 0 Å². The van der Waals surface area contributed by atoms with Crippen molar-refractivity contribution in [3.63, 3.8) is 0 Å². The molecule has 0 saturated carbocycles. The molecule has 10 heavy (non-hydrogen) atoms. The van der Waals surface area contributed by atoms with Crippen molar-refractivity contribution >= 4 is 0 Å². The van der Waals surface area contributed by atoms with Gasteiger partial charge in [0.25, 0.3) is 0 Å². The molecule has 0 aliphatic carbocycles. The van der Waals surface area contributed by atoms with Crippen molar-refractivity contribution in [1.29, 1.82) is 0 Å². The molecule has 0 spiro atoms. The fraction of sp³-hybridized carbons (Fsp3) is 0. The Hall–Kier alpha value is 0.172. The van der Waals surface area contributed by atoms with Crippen molar-refractivity contribution in [3.8, 4) is 0 Å². The molecule has 0 aliphatic rings. The van der Waals surface area contributed by atoms with E-state index in [1.807, 2.05) is 0 Å². The van der Waals surface area contributed by atoms with Gasteiger partial charge in [-0.25, -0.2) is 0 Å². The molecule has 0 bridgehead atoms. The summed E-state index contributed by atoms with van der Waals surface area (Å²) in [6.45, 7) is 0. The number of rotatable bonds is 0. The topological polar surface area (TPSA) is 284 Å². The number of hydrogen-bond donors (Lipinski definition) is 0. The standard InChI is InChI=1S/Cr.9H2O/h;9*1H2. The summed E-state index contributed by atoms with van der Waals surface area (Å²) in [5.41, 5.74) is 0. The fourth-order valence-corrected chi connectivity index (χ4v) is 0. The number of hydrogen-bond acceptors (Lipinski definition) is 0. The molecule has 0 aromatic heterocycles. The quantitative estimate of drug-likeness (QED) is 0.362. The van der Waals surface area contributed by atoms with Gasteiger partial charge in [-0.2, -0.15) is 0 Å². The molecule has 0 saturated heterocycles. The van der Waals surface area contributed by atoms with E-state index in [0.717, 1.165) is 0 Å². The Kier molecular flexibility index (Phi) is 59300000. The van der Waals surface area contributed by atoms with Gasteiger partial charge in [0.15, 0.2) is 0 Å². The molecule has 78 valence electrons. The van der Waals surface area contributed by atoms with Crippen molar-refractivity contribution in [3.05, 3.63) is 0 Å². The summed E-state index contributed by atoms with van der Waals surface area (Å²) >= 11 is 0. The van der Waals surface area contributed by atoms with Crippen LogP contribution in [0, 0.1) is 0 Å². The van der Waals surface area contributed by atoms with Crippen LogP contribution in [0.3, 0.4) is 0 Å². The molecular formula is H18CrO9. The van der Waals surface area contributed by atoms with E-state index >= 15 is 0 Å². The molecule has 10 heteroatoms. The van der Waals surface area contributed by atoms with Gasteiger partial charge < -0.3 is 49.3 Å². The van der Waals surface area contributed by atoms with Crippen molar-refractivity contribution in [2.45, 2.75) is 0 Å². The summed E-state index contributed by atoms with van der Waals surface area (Å²) in [6.07, 6.45) is 0. The maximum atomic E-state index is 0. The third-order valence-electron chi connectivity index (χ3n) is 0. The predicted octanol–water partition coefficient (Wildman–Crippen LogP) is -7.42. The normalized spacial score (nSPS) is 0. The molecule has 0 atom stereocenters. The van der Waals surface area contributed by atoms with E-state index in [0.29, 0.717) is 0 Å². The molecule has 0 radical (unpaired) electrons. The van der Waals surface area contributed by atoms with Gasteiger partial charge in [0.2, 0.25) is 0 Å². The Morgan fingerprint density at radius 1 is 0.200 bits per heavy atom. The third kappa shape index (κ3) is 14100. The van der Waals surface area contributed by atoms with E-state index in [2.05, 4.69) is 0 Å². The zero-order chi connectivity index (χ0) is 0. The predicted molar refractivity (Wildman–Crippen MR) is 32.5 cm³/mol. The molecule has 0 rings (SSSR count). The molecule has 18 N–H and O–H groups in total. The first-order valence-electron chi connectivity index (χ1n) is 0. The van der Waals surface area contributed by atoms with E-state index in [1.54, 1.807) is 0 Å². The fourth-order valence-electron chi connectivity index (χ4n) is 0. The molecule has 9 nitrogen and oxygen atoms in total. The van der Waals surface area contributed by atoms with Gasteiger partial charge in [0, 0.05) is 17.4 Å². The Morgan fingerprint density at radius 3 is 0.200 bits per heavy atom. The second-order valence-electron chi connectivity index (χ2n) is 0. The Morgan fingerprint density at radius 2 is 0.200 bits per heavy atom. The minimum absolute atomic E-state index is 0. The van der Waals surface area contributed by atoms with E-state index in [1.165, 1.54) is 0 Å². The second-order valence-corrected chi connectivity index (χ2v) is 0. The summed E-state index contributed by atoms with van der Waals surface area (Å²) in [5.74, 6) is 0. The van der Waals surface area contributed by atoms with Crippen molar-refractivity contribution < 1.29 is 66.6 Å². The Bertz CT molecular complexity index is 4.69. The van der Waals surface area contributed by atoms with Crippen LogP contribution in [0.4, 0.5) is 0 Å². The summed E-state index contributed by atoms with van der Waals surface area (Å²) < 4.78 is 0. The molecule has 0 aromatic rings. The summed E-state index contributed by atoms with van der Waals surface area (Å²) in [5, 5.41) is 0. The van der Waals surface area contributed by atoms with Gasteiger partial charge >= 0.3 is 0 Å². The Balaban J connectivity index is 0. The van der Waals surface area contributed by atoms with Gasteiger partial charge in [0.1, 0.15) is 0 Å². The summed E-state index contributed by atoms with van der Waals surface area (Å²) in [4.78, 5) is 0. The summed E-state index contributed by atoms with van der Waals surface area (Å²) in [7, 11) is 0. The van der Waals surface area contributed by atoms with Crippen LogP contribution in [0.25, 0.3) is 0 Å². The minimum Gasteiger partial charge on any atom is -0.412 e. The van der Waals surface area contributed by atoms with Crippen molar-refractivity contribution in [2.24, 2.45) is 0 Å². The second kappa shape index (κ2) is 20600. The van der Waals surface area contributed by atoms with Gasteiger partial charge in [-0.05, 0) is 0 Å². The van der Waals surface area contributed by atoms with Crippen LogP contribution in [0.2, 0.25) is 0 Å². The monoisotopic (exact) mass is 214 g/mol. The van der Waals surface area contributed by atoms with Gasteiger partial charge in [-0.15, -0.1) is 0 Å². The first-order valence-corrected chi connectivity index (χ1v) is 0. The third-order valence-corrected chi connectivity index (χ3v) is 0. The van der Waals surface area contributed by atoms with Crippen LogP contribution in [0.15, 0.2) is 0 Å². The van der Waals surface area contributed by atoms with Crippen LogP contribution in [0.1, 0.15) is 0 Å². The van der Waals surface area contributed by atoms with Crippen molar-refractivity contribution in [1.82, 2.24) is 0 Å². The van der Waals surface area contributed by atoms with Gasteiger partial charge in [-0.1, -0.05) is 0 Å². The van der Waals surface area contributed by atoms with E-state index < -0.39 is 0 Å². The smallest absolute Gasteiger partial charge is 0 e. The maximum Gasteiger partial charge on any atom is 0 e. The molecule has 0 unspecified atom stereocenters. The SMILES string of the molecule is O.O.O.O.O.O.O.O.O.[Cr]. The van der Waals surface area contributed by atoms with E-state index in [-0.39, 0.29) is 66.6 Å². The average Bonchev–Trinajstić information content (AvgIpc) is 0. The molecule has 0 aromatic carbocycles.